The zero-order chi connectivity index (χ0) is 14.7. The molecule has 1 aromatic rings. The third-order valence-corrected chi connectivity index (χ3v) is 3.27. The first kappa shape index (κ1) is 14.1. The van der Waals surface area contributed by atoms with Crippen molar-refractivity contribution < 1.29 is 23.5 Å². The lowest BCUT2D eigenvalue weighted by Crippen LogP contribution is -2.57. The zero-order valence-electron chi connectivity index (χ0n) is 11.3. The number of piperazine rings is 1. The van der Waals surface area contributed by atoms with Gasteiger partial charge in [-0.05, 0) is 13.0 Å². The molecule has 2 rings (SSSR count). The predicted molar refractivity (Wildman–Crippen MR) is 67.9 cm³/mol. The van der Waals surface area contributed by atoms with Crippen molar-refractivity contribution in [3.05, 3.63) is 23.7 Å². The summed E-state index contributed by atoms with van der Waals surface area (Å²) in [4.78, 5) is 37.1. The molecular weight excluding hydrogens is 264 g/mol. The molecule has 0 aliphatic carbocycles. The summed E-state index contributed by atoms with van der Waals surface area (Å²) in [6, 6.07) is 0.706. The smallest absolute Gasteiger partial charge is 0.308 e. The van der Waals surface area contributed by atoms with Crippen molar-refractivity contribution in [2.45, 2.75) is 19.4 Å². The van der Waals surface area contributed by atoms with E-state index in [1.54, 1.807) is 13.0 Å². The van der Waals surface area contributed by atoms with Gasteiger partial charge in [-0.2, -0.15) is 0 Å². The Kier molecular flexibility index (Phi) is 4.07. The van der Waals surface area contributed by atoms with E-state index in [2.05, 4.69) is 10.1 Å². The van der Waals surface area contributed by atoms with Gasteiger partial charge >= 0.3 is 5.97 Å². The number of aryl methyl sites for hydroxylation is 1. The predicted octanol–water partition coefficient (Wildman–Crippen LogP) is 0.0917. The second kappa shape index (κ2) is 5.77. The number of hydrogen-bond acceptors (Lipinski definition) is 5. The fraction of sp³-hybridized carbons (Fsp3) is 0.462. The van der Waals surface area contributed by atoms with Gasteiger partial charge in [-0.3, -0.25) is 14.4 Å². The maximum absolute atomic E-state index is 12.4. The maximum atomic E-state index is 12.4. The molecule has 7 heteroatoms. The molecule has 1 aliphatic rings. The van der Waals surface area contributed by atoms with Crippen LogP contribution >= 0.6 is 0 Å². The van der Waals surface area contributed by atoms with Crippen molar-refractivity contribution in [2.24, 2.45) is 0 Å². The van der Waals surface area contributed by atoms with Crippen LogP contribution in [0.2, 0.25) is 0 Å². The lowest BCUT2D eigenvalue weighted by molar-refractivity contribution is -0.145. The molecule has 0 spiro atoms. The molecule has 2 amide bonds. The van der Waals surface area contributed by atoms with Crippen LogP contribution in [0, 0.1) is 6.92 Å². The van der Waals surface area contributed by atoms with Crippen molar-refractivity contribution in [3.8, 4) is 0 Å². The van der Waals surface area contributed by atoms with Crippen LogP contribution in [0.4, 0.5) is 0 Å². The molecule has 0 aromatic carbocycles. The highest BCUT2D eigenvalue weighted by atomic mass is 16.5. The normalized spacial score (nSPS) is 18.6. The number of amides is 2. The van der Waals surface area contributed by atoms with Crippen molar-refractivity contribution in [3.63, 3.8) is 0 Å². The average molecular weight is 280 g/mol. The van der Waals surface area contributed by atoms with E-state index in [0.29, 0.717) is 24.4 Å². The highest BCUT2D eigenvalue weighted by Gasteiger charge is 2.36. The van der Waals surface area contributed by atoms with Crippen molar-refractivity contribution >= 4 is 17.8 Å². The van der Waals surface area contributed by atoms with Gasteiger partial charge in [-0.15, -0.1) is 0 Å². The Labute approximate surface area is 115 Å². The Morgan fingerprint density at radius 2 is 2.30 bits per heavy atom. The van der Waals surface area contributed by atoms with Crippen LogP contribution in [-0.4, -0.2) is 48.9 Å². The average Bonchev–Trinajstić information content (AvgIpc) is 2.86. The number of nitrogens with one attached hydrogen (secondary N) is 1. The molecule has 1 saturated heterocycles. The first-order valence-corrected chi connectivity index (χ1v) is 6.24. The minimum atomic E-state index is -0.849. The molecule has 1 N–H and O–H groups in total. The van der Waals surface area contributed by atoms with Crippen LogP contribution in [-0.2, 0) is 14.3 Å². The SMILES string of the molecule is COC(=O)CC1C(=O)NCCN1C(=O)c1ccoc1C. The van der Waals surface area contributed by atoms with Crippen LogP contribution in [0.25, 0.3) is 0 Å². The number of ether oxygens (including phenoxy) is 1. The number of carbonyl (C=O) groups excluding carboxylic acids is 3. The minimum Gasteiger partial charge on any atom is -0.469 e. The lowest BCUT2D eigenvalue weighted by atomic mass is 10.1. The summed E-state index contributed by atoms with van der Waals surface area (Å²) < 4.78 is 9.67. The third kappa shape index (κ3) is 2.66. The van der Waals surface area contributed by atoms with Gasteiger partial charge in [0, 0.05) is 13.1 Å². The number of rotatable bonds is 3. The molecule has 7 nitrogen and oxygen atoms in total. The Morgan fingerprint density at radius 3 is 2.90 bits per heavy atom. The maximum Gasteiger partial charge on any atom is 0.308 e. The van der Waals surface area contributed by atoms with Crippen molar-refractivity contribution in [1.82, 2.24) is 10.2 Å². The molecule has 1 atom stereocenters. The topological polar surface area (TPSA) is 88.9 Å². The van der Waals surface area contributed by atoms with Gasteiger partial charge in [0.1, 0.15) is 11.8 Å². The number of esters is 1. The van der Waals surface area contributed by atoms with Crippen LogP contribution < -0.4 is 5.32 Å². The number of carbonyl (C=O) groups is 3. The van der Waals surface area contributed by atoms with E-state index in [4.69, 9.17) is 4.42 Å². The van der Waals surface area contributed by atoms with E-state index in [-0.39, 0.29) is 18.2 Å². The first-order valence-electron chi connectivity index (χ1n) is 6.24. The summed E-state index contributed by atoms with van der Waals surface area (Å²) in [5.74, 6) is -0.720. The molecule has 0 bridgehead atoms. The molecule has 0 radical (unpaired) electrons. The zero-order valence-corrected chi connectivity index (χ0v) is 11.3. The summed E-state index contributed by atoms with van der Waals surface area (Å²) >= 11 is 0. The fourth-order valence-corrected chi connectivity index (χ4v) is 2.16. The van der Waals surface area contributed by atoms with E-state index in [0.717, 1.165) is 0 Å². The molecule has 0 saturated carbocycles. The number of nitrogens with zero attached hydrogens (tertiary/aromatic N) is 1. The monoisotopic (exact) mass is 280 g/mol. The van der Waals surface area contributed by atoms with Crippen molar-refractivity contribution in [1.29, 1.82) is 0 Å². The van der Waals surface area contributed by atoms with Gasteiger partial charge < -0.3 is 19.4 Å². The standard InChI is InChI=1S/C13H16N2O5/c1-8-9(3-6-20-8)13(18)15-5-4-14-12(17)10(15)7-11(16)19-2/h3,6,10H,4-5,7H2,1-2H3,(H,14,17). The summed E-state index contributed by atoms with van der Waals surface area (Å²) in [7, 11) is 1.25. The highest BCUT2D eigenvalue weighted by Crippen LogP contribution is 2.17. The molecule has 1 fully saturated rings. The Balaban J connectivity index is 2.22. The second-order valence-electron chi connectivity index (χ2n) is 4.48. The summed E-state index contributed by atoms with van der Waals surface area (Å²) in [5.41, 5.74) is 0.398. The highest BCUT2D eigenvalue weighted by molar-refractivity contribution is 5.99. The van der Waals surface area contributed by atoms with Crippen LogP contribution in [0.1, 0.15) is 22.5 Å². The molecule has 20 heavy (non-hydrogen) atoms. The first-order chi connectivity index (χ1) is 9.54. The van der Waals surface area contributed by atoms with E-state index in [1.807, 2.05) is 0 Å². The second-order valence-corrected chi connectivity index (χ2v) is 4.48. The van der Waals surface area contributed by atoms with Gasteiger partial charge in [-0.1, -0.05) is 0 Å². The molecule has 2 heterocycles. The summed E-state index contributed by atoms with van der Waals surface area (Å²) in [5, 5.41) is 2.64. The van der Waals surface area contributed by atoms with Crippen LogP contribution in [0.15, 0.2) is 16.7 Å². The molecule has 1 unspecified atom stereocenters. The largest absolute Gasteiger partial charge is 0.469 e. The lowest BCUT2D eigenvalue weighted by Gasteiger charge is -2.34. The van der Waals surface area contributed by atoms with E-state index in [9.17, 15) is 14.4 Å². The Morgan fingerprint density at radius 1 is 1.55 bits per heavy atom. The van der Waals surface area contributed by atoms with Gasteiger partial charge in [-0.25, -0.2) is 0 Å². The number of hydrogen-bond donors (Lipinski definition) is 1. The number of methoxy groups -OCH3 is 1. The van der Waals surface area contributed by atoms with E-state index in [1.165, 1.54) is 18.3 Å². The van der Waals surface area contributed by atoms with Crippen LogP contribution in [0.5, 0.6) is 0 Å². The Bertz CT molecular complexity index is 537. The van der Waals surface area contributed by atoms with Gasteiger partial charge in [0.2, 0.25) is 5.91 Å². The van der Waals surface area contributed by atoms with Crippen LogP contribution in [0.3, 0.4) is 0 Å². The molecule has 1 aromatic heterocycles. The molecular formula is C13H16N2O5. The van der Waals surface area contributed by atoms with E-state index < -0.39 is 12.0 Å². The van der Waals surface area contributed by atoms with Gasteiger partial charge in [0.05, 0.1) is 25.4 Å². The quantitative estimate of drug-likeness (QED) is 0.793. The fourth-order valence-electron chi connectivity index (χ4n) is 2.16. The minimum absolute atomic E-state index is 0.162. The molecule has 1 aliphatic heterocycles. The summed E-state index contributed by atoms with van der Waals surface area (Å²) in [6.07, 6.45) is 1.26. The van der Waals surface area contributed by atoms with Gasteiger partial charge in [0.25, 0.3) is 5.91 Å². The van der Waals surface area contributed by atoms with E-state index >= 15 is 0 Å². The number of furan rings is 1. The summed E-state index contributed by atoms with van der Waals surface area (Å²) in [6.45, 7) is 2.38. The van der Waals surface area contributed by atoms with Gasteiger partial charge in [0.15, 0.2) is 0 Å². The van der Waals surface area contributed by atoms with Crippen molar-refractivity contribution in [2.75, 3.05) is 20.2 Å². The Hall–Kier alpha value is -2.31. The third-order valence-electron chi connectivity index (χ3n) is 3.27. The molecule has 108 valence electrons.